The molecule has 0 aliphatic carbocycles. The van der Waals surface area contributed by atoms with E-state index in [2.05, 4.69) is 16.8 Å². The molecule has 8 heteroatoms. The zero-order valence-electron chi connectivity index (χ0n) is 13.3. The Balaban J connectivity index is 0.00000264. The minimum atomic E-state index is -4.55. The molecule has 0 aromatic heterocycles. The van der Waals surface area contributed by atoms with E-state index in [1.807, 2.05) is 6.92 Å². The van der Waals surface area contributed by atoms with Crippen LogP contribution in [0, 0.1) is 5.82 Å². The van der Waals surface area contributed by atoms with Gasteiger partial charge in [-0.3, -0.25) is 4.90 Å². The highest BCUT2D eigenvalue weighted by molar-refractivity contribution is 5.85. The quantitative estimate of drug-likeness (QED) is 0.598. The number of nitrogens with zero attached hydrogens (tertiary/aromatic N) is 1. The molecule has 0 bridgehead atoms. The van der Waals surface area contributed by atoms with Crippen LogP contribution in [0.15, 0.2) is 30.4 Å². The molecule has 1 aromatic carbocycles. The lowest BCUT2D eigenvalue weighted by molar-refractivity contribution is -0.137. The summed E-state index contributed by atoms with van der Waals surface area (Å²) in [7, 11) is 0. The molecule has 1 fully saturated rings. The van der Waals surface area contributed by atoms with E-state index in [-0.39, 0.29) is 30.9 Å². The first-order chi connectivity index (χ1) is 10.3. The highest BCUT2D eigenvalue weighted by Crippen LogP contribution is 2.34. The third-order valence-electron chi connectivity index (χ3n) is 3.77. The van der Waals surface area contributed by atoms with Crippen LogP contribution < -0.4 is 5.32 Å². The number of hydrogen-bond donors (Lipinski definition) is 1. The van der Waals surface area contributed by atoms with Crippen LogP contribution in [0.2, 0.25) is 0 Å². The van der Waals surface area contributed by atoms with Crippen molar-refractivity contribution in [2.45, 2.75) is 25.6 Å². The fourth-order valence-electron chi connectivity index (χ4n) is 2.75. The van der Waals surface area contributed by atoms with Gasteiger partial charge in [-0.2, -0.15) is 13.2 Å². The molecule has 1 aliphatic rings. The van der Waals surface area contributed by atoms with Crippen molar-refractivity contribution in [2.75, 3.05) is 26.2 Å². The van der Waals surface area contributed by atoms with E-state index in [9.17, 15) is 17.6 Å². The first-order valence-corrected chi connectivity index (χ1v) is 7.24. The Morgan fingerprint density at radius 1 is 1.21 bits per heavy atom. The highest BCUT2D eigenvalue weighted by Gasteiger charge is 2.33. The van der Waals surface area contributed by atoms with Crippen molar-refractivity contribution in [3.05, 3.63) is 47.3 Å². The van der Waals surface area contributed by atoms with Gasteiger partial charge in [0, 0.05) is 32.2 Å². The fraction of sp³-hybridized carbons (Fsp3) is 0.500. The number of alkyl halides is 3. The van der Waals surface area contributed by atoms with Crippen molar-refractivity contribution < 1.29 is 17.6 Å². The minimum Gasteiger partial charge on any atom is -0.314 e. The largest absolute Gasteiger partial charge is 0.416 e. The number of hydrogen-bond acceptors (Lipinski definition) is 2. The van der Waals surface area contributed by atoms with E-state index in [0.717, 1.165) is 37.8 Å². The van der Waals surface area contributed by atoms with Crippen molar-refractivity contribution in [1.82, 2.24) is 10.2 Å². The predicted octanol–water partition coefficient (Wildman–Crippen LogP) is 4.60. The van der Waals surface area contributed by atoms with Crippen LogP contribution in [0.25, 0.3) is 0 Å². The van der Waals surface area contributed by atoms with E-state index in [1.54, 1.807) is 0 Å². The van der Waals surface area contributed by atoms with Gasteiger partial charge in [0.15, 0.2) is 0 Å². The van der Waals surface area contributed by atoms with E-state index in [1.165, 1.54) is 6.07 Å². The average Bonchev–Trinajstić information content (AvgIpc) is 2.44. The summed E-state index contributed by atoms with van der Waals surface area (Å²) in [6, 6.07) is 2.51. The second kappa shape index (κ2) is 9.61. The molecule has 1 atom stereocenters. The highest BCUT2D eigenvalue weighted by atomic mass is 35.5. The maximum absolute atomic E-state index is 13.7. The molecule has 0 spiro atoms. The number of nitrogens with one attached hydrogen (secondary N) is 1. The molecule has 1 saturated heterocycles. The smallest absolute Gasteiger partial charge is 0.314 e. The van der Waals surface area contributed by atoms with Gasteiger partial charge in [-0.05, 0) is 37.1 Å². The molecule has 1 aliphatic heterocycles. The molecule has 2 nitrogen and oxygen atoms in total. The summed E-state index contributed by atoms with van der Waals surface area (Å²) < 4.78 is 52.4. The van der Waals surface area contributed by atoms with E-state index in [0.29, 0.717) is 18.1 Å². The average molecular weight is 389 g/mol. The molecule has 0 saturated carbocycles. The summed E-state index contributed by atoms with van der Waals surface area (Å²) in [5, 5.41) is 3.20. The van der Waals surface area contributed by atoms with Crippen LogP contribution in [0.3, 0.4) is 0 Å². The number of halogens is 6. The van der Waals surface area contributed by atoms with Gasteiger partial charge in [-0.25, -0.2) is 4.39 Å². The Bertz CT molecular complexity index is 543. The first kappa shape index (κ1) is 23.2. The van der Waals surface area contributed by atoms with Crippen molar-refractivity contribution in [3.8, 4) is 0 Å². The Labute approximate surface area is 152 Å². The summed E-state index contributed by atoms with van der Waals surface area (Å²) in [5.41, 5.74) is 0.280. The molecule has 24 heavy (non-hydrogen) atoms. The van der Waals surface area contributed by atoms with Crippen molar-refractivity contribution in [3.63, 3.8) is 0 Å². The minimum absolute atomic E-state index is 0. The SMILES string of the molecule is C=C(C)C[C@H](c1cc(F)cc(C(F)(F)F)c1)N1CCNCC1.Cl.Cl. The maximum Gasteiger partial charge on any atom is 0.416 e. The zero-order chi connectivity index (χ0) is 16.3. The summed E-state index contributed by atoms with van der Waals surface area (Å²) in [5.74, 6) is -0.855. The Morgan fingerprint density at radius 3 is 2.29 bits per heavy atom. The van der Waals surface area contributed by atoms with Crippen LogP contribution >= 0.6 is 24.8 Å². The summed E-state index contributed by atoms with van der Waals surface area (Å²) >= 11 is 0. The summed E-state index contributed by atoms with van der Waals surface area (Å²) in [6.07, 6.45) is -4.03. The molecule has 1 aromatic rings. The predicted molar refractivity (Wildman–Crippen MR) is 92.5 cm³/mol. The van der Waals surface area contributed by atoms with Gasteiger partial charge in [-0.15, -0.1) is 31.4 Å². The molecule has 1 heterocycles. The molecular weight excluding hydrogens is 367 g/mol. The summed E-state index contributed by atoms with van der Waals surface area (Å²) in [4.78, 5) is 2.08. The van der Waals surface area contributed by atoms with Gasteiger partial charge in [0.25, 0.3) is 0 Å². The molecule has 1 N–H and O–H groups in total. The van der Waals surface area contributed by atoms with Gasteiger partial charge in [0.2, 0.25) is 0 Å². The normalized spacial score (nSPS) is 16.7. The Kier molecular flexibility index (Phi) is 9.28. The molecule has 2 rings (SSSR count). The number of rotatable bonds is 4. The fourth-order valence-corrected chi connectivity index (χ4v) is 2.75. The van der Waals surface area contributed by atoms with E-state index >= 15 is 0 Å². The van der Waals surface area contributed by atoms with Gasteiger partial charge in [0.1, 0.15) is 5.82 Å². The second-order valence-electron chi connectivity index (χ2n) is 5.73. The van der Waals surface area contributed by atoms with Crippen LogP contribution in [-0.4, -0.2) is 31.1 Å². The lowest BCUT2D eigenvalue weighted by atomic mass is 9.96. The van der Waals surface area contributed by atoms with Crippen molar-refractivity contribution in [2.24, 2.45) is 0 Å². The topological polar surface area (TPSA) is 15.3 Å². The third-order valence-corrected chi connectivity index (χ3v) is 3.77. The van der Waals surface area contributed by atoms with E-state index in [4.69, 9.17) is 0 Å². The van der Waals surface area contributed by atoms with Crippen molar-refractivity contribution in [1.29, 1.82) is 0 Å². The lowest BCUT2D eigenvalue weighted by Gasteiger charge is -2.35. The van der Waals surface area contributed by atoms with Crippen LogP contribution in [-0.2, 0) is 6.18 Å². The van der Waals surface area contributed by atoms with E-state index < -0.39 is 17.6 Å². The molecule has 0 unspecified atom stereocenters. The van der Waals surface area contributed by atoms with Crippen LogP contribution in [0.4, 0.5) is 17.6 Å². The molecule has 0 amide bonds. The molecular formula is C16H22Cl2F4N2. The monoisotopic (exact) mass is 388 g/mol. The second-order valence-corrected chi connectivity index (χ2v) is 5.73. The summed E-state index contributed by atoms with van der Waals surface area (Å²) in [6.45, 7) is 8.66. The van der Waals surface area contributed by atoms with Crippen LogP contribution in [0.1, 0.15) is 30.5 Å². The van der Waals surface area contributed by atoms with Crippen LogP contribution in [0.5, 0.6) is 0 Å². The molecule has 0 radical (unpaired) electrons. The Hall–Kier alpha value is -0.820. The lowest BCUT2D eigenvalue weighted by Crippen LogP contribution is -2.45. The van der Waals surface area contributed by atoms with Gasteiger partial charge in [0.05, 0.1) is 5.56 Å². The van der Waals surface area contributed by atoms with Gasteiger partial charge >= 0.3 is 6.18 Å². The first-order valence-electron chi connectivity index (χ1n) is 7.24. The standard InChI is InChI=1S/C16H20F4N2.2ClH/c1-11(2)7-15(22-5-3-21-4-6-22)12-8-13(16(18,19)20)10-14(17)9-12;;/h8-10,15,21H,1,3-7H2,2H3;2*1H/t15-;;/m1../s1. The number of benzene rings is 1. The zero-order valence-corrected chi connectivity index (χ0v) is 15.0. The Morgan fingerprint density at radius 2 is 1.79 bits per heavy atom. The van der Waals surface area contributed by atoms with Crippen molar-refractivity contribution >= 4 is 24.8 Å². The number of piperazine rings is 1. The molecule has 138 valence electrons. The van der Waals surface area contributed by atoms with Gasteiger partial charge in [-0.1, -0.05) is 5.57 Å². The van der Waals surface area contributed by atoms with Gasteiger partial charge < -0.3 is 5.32 Å². The third kappa shape index (κ3) is 6.24. The maximum atomic E-state index is 13.7.